The van der Waals surface area contributed by atoms with Gasteiger partial charge in [-0.3, -0.25) is 9.69 Å². The average Bonchev–Trinajstić information content (AvgIpc) is 2.71. The molecule has 28 heavy (non-hydrogen) atoms. The van der Waals surface area contributed by atoms with Crippen LogP contribution in [-0.4, -0.2) is 36.2 Å². The van der Waals surface area contributed by atoms with Crippen molar-refractivity contribution in [3.63, 3.8) is 0 Å². The molecule has 1 heterocycles. The molecule has 1 saturated heterocycles. The zero-order chi connectivity index (χ0) is 19.8. The van der Waals surface area contributed by atoms with Gasteiger partial charge >= 0.3 is 0 Å². The number of hydrogen-bond acceptors (Lipinski definition) is 3. The second-order valence-electron chi connectivity index (χ2n) is 7.14. The molecule has 0 saturated carbocycles. The van der Waals surface area contributed by atoms with Crippen LogP contribution in [0.1, 0.15) is 24.0 Å². The lowest BCUT2D eigenvalue weighted by molar-refractivity contribution is -0.126. The molecule has 2 aromatic carbocycles. The Bertz CT molecular complexity index is 769. The molecule has 0 bridgehead atoms. The number of hydrogen-bond donors (Lipinski definition) is 1. The number of carbonyl (C=O) groups excluding carboxylic acids is 1. The average molecular weight is 437 g/mol. The van der Waals surface area contributed by atoms with Crippen LogP contribution in [0.25, 0.3) is 0 Å². The van der Waals surface area contributed by atoms with E-state index in [1.807, 2.05) is 54.2 Å². The molecule has 2 aromatic rings. The maximum absolute atomic E-state index is 12.5. The Morgan fingerprint density at radius 3 is 2.71 bits per heavy atom. The molecular formula is C22H26Cl2N2OS. The molecule has 150 valence electrons. The number of amides is 1. The monoisotopic (exact) mass is 436 g/mol. The predicted octanol–water partition coefficient (Wildman–Crippen LogP) is 5.26. The topological polar surface area (TPSA) is 32.3 Å². The maximum atomic E-state index is 12.5. The zero-order valence-corrected chi connectivity index (χ0v) is 18.2. The van der Waals surface area contributed by atoms with E-state index >= 15 is 0 Å². The highest BCUT2D eigenvalue weighted by Gasteiger charge is 2.25. The van der Waals surface area contributed by atoms with Crippen LogP contribution in [0, 0.1) is 5.92 Å². The van der Waals surface area contributed by atoms with Gasteiger partial charge in [0.25, 0.3) is 0 Å². The third-order valence-corrected chi connectivity index (χ3v) is 6.61. The van der Waals surface area contributed by atoms with Crippen molar-refractivity contribution in [1.29, 1.82) is 0 Å². The normalized spacial score (nSPS) is 17.4. The summed E-state index contributed by atoms with van der Waals surface area (Å²) in [5.74, 6) is 2.08. The minimum Gasteiger partial charge on any atom is -0.355 e. The SMILES string of the molecule is O=C(NCCSCc1ccc(Cl)cc1)[C@@H]1CCCN(Cc2ccccc2Cl)C1. The van der Waals surface area contributed by atoms with Crippen molar-refractivity contribution in [3.05, 3.63) is 69.7 Å². The second kappa shape index (κ2) is 11.1. The highest BCUT2D eigenvalue weighted by Crippen LogP contribution is 2.22. The zero-order valence-electron chi connectivity index (χ0n) is 15.9. The number of benzene rings is 2. The van der Waals surface area contributed by atoms with Crippen molar-refractivity contribution in [2.45, 2.75) is 25.1 Å². The Hall–Kier alpha value is -1.20. The first-order chi connectivity index (χ1) is 13.6. The molecule has 0 radical (unpaired) electrons. The van der Waals surface area contributed by atoms with E-state index < -0.39 is 0 Å². The first-order valence-corrected chi connectivity index (χ1v) is 11.6. The van der Waals surface area contributed by atoms with E-state index in [0.717, 1.165) is 59.6 Å². The van der Waals surface area contributed by atoms with Crippen LogP contribution in [0.4, 0.5) is 0 Å². The van der Waals surface area contributed by atoms with Gasteiger partial charge in [-0.15, -0.1) is 0 Å². The molecule has 0 aromatic heterocycles. The lowest BCUT2D eigenvalue weighted by atomic mass is 9.96. The molecule has 3 nitrogen and oxygen atoms in total. The lowest BCUT2D eigenvalue weighted by Crippen LogP contribution is -2.43. The fourth-order valence-corrected chi connectivity index (χ4v) is 4.58. The number of piperidine rings is 1. The predicted molar refractivity (Wildman–Crippen MR) is 120 cm³/mol. The number of nitrogens with one attached hydrogen (secondary N) is 1. The molecule has 1 N–H and O–H groups in total. The summed E-state index contributed by atoms with van der Waals surface area (Å²) in [4.78, 5) is 14.9. The number of nitrogens with zero attached hydrogens (tertiary/aromatic N) is 1. The number of halogens is 2. The Kier molecular flexibility index (Phi) is 8.53. The summed E-state index contributed by atoms with van der Waals surface area (Å²) in [5, 5.41) is 4.67. The van der Waals surface area contributed by atoms with E-state index in [1.54, 1.807) is 0 Å². The Labute approximate surface area is 181 Å². The molecule has 1 aliphatic heterocycles. The van der Waals surface area contributed by atoms with Gasteiger partial charge in [-0.25, -0.2) is 0 Å². The number of rotatable bonds is 8. The highest BCUT2D eigenvalue weighted by atomic mass is 35.5. The van der Waals surface area contributed by atoms with Crippen molar-refractivity contribution in [2.24, 2.45) is 5.92 Å². The van der Waals surface area contributed by atoms with Crippen LogP contribution < -0.4 is 5.32 Å². The van der Waals surface area contributed by atoms with Crippen molar-refractivity contribution >= 4 is 40.9 Å². The molecule has 1 atom stereocenters. The summed E-state index contributed by atoms with van der Waals surface area (Å²) in [7, 11) is 0. The third-order valence-electron chi connectivity index (χ3n) is 4.96. The first kappa shape index (κ1) is 21.5. The Morgan fingerprint density at radius 2 is 1.93 bits per heavy atom. The van der Waals surface area contributed by atoms with Gasteiger partial charge in [-0.05, 0) is 48.7 Å². The molecule has 0 spiro atoms. The molecule has 1 aliphatic rings. The van der Waals surface area contributed by atoms with E-state index in [0.29, 0.717) is 6.54 Å². The van der Waals surface area contributed by atoms with Gasteiger partial charge in [-0.2, -0.15) is 11.8 Å². The van der Waals surface area contributed by atoms with Crippen molar-refractivity contribution in [1.82, 2.24) is 10.2 Å². The third kappa shape index (κ3) is 6.70. The van der Waals surface area contributed by atoms with Gasteiger partial charge in [-0.1, -0.05) is 53.5 Å². The van der Waals surface area contributed by atoms with Gasteiger partial charge in [0.05, 0.1) is 5.92 Å². The summed E-state index contributed by atoms with van der Waals surface area (Å²) in [6, 6.07) is 15.9. The summed E-state index contributed by atoms with van der Waals surface area (Å²) in [5.41, 5.74) is 2.38. The minimum absolute atomic E-state index is 0.0671. The van der Waals surface area contributed by atoms with Crippen LogP contribution in [0.5, 0.6) is 0 Å². The van der Waals surface area contributed by atoms with Crippen LogP contribution in [0.2, 0.25) is 10.0 Å². The van der Waals surface area contributed by atoms with Crippen LogP contribution >= 0.6 is 35.0 Å². The van der Waals surface area contributed by atoms with Gasteiger partial charge in [0, 0.05) is 41.2 Å². The van der Waals surface area contributed by atoms with Gasteiger partial charge < -0.3 is 5.32 Å². The number of thioether (sulfide) groups is 1. The van der Waals surface area contributed by atoms with E-state index in [9.17, 15) is 4.79 Å². The fraction of sp³-hybridized carbons (Fsp3) is 0.409. The standard InChI is InChI=1S/C22H26Cl2N2OS/c23-20-9-7-17(8-10-20)16-28-13-11-25-22(27)19-5-3-12-26(15-19)14-18-4-1-2-6-21(18)24/h1-2,4,6-10,19H,3,5,11-16H2,(H,25,27)/t19-/m1/s1. The van der Waals surface area contributed by atoms with E-state index in [2.05, 4.69) is 16.3 Å². The molecule has 3 rings (SSSR count). The minimum atomic E-state index is 0.0671. The fourth-order valence-electron chi connectivity index (χ4n) is 3.44. The van der Waals surface area contributed by atoms with Crippen molar-refractivity contribution < 1.29 is 4.79 Å². The van der Waals surface area contributed by atoms with Crippen LogP contribution in [0.3, 0.4) is 0 Å². The largest absolute Gasteiger partial charge is 0.355 e. The number of carbonyl (C=O) groups is 1. The summed E-state index contributed by atoms with van der Waals surface area (Å²) < 4.78 is 0. The molecule has 0 unspecified atom stereocenters. The second-order valence-corrected chi connectivity index (χ2v) is 9.08. The quantitative estimate of drug-likeness (QED) is 0.573. The first-order valence-electron chi connectivity index (χ1n) is 9.67. The molecular weight excluding hydrogens is 411 g/mol. The van der Waals surface area contributed by atoms with Gasteiger partial charge in [0.2, 0.25) is 5.91 Å². The van der Waals surface area contributed by atoms with Gasteiger partial charge in [0.1, 0.15) is 0 Å². The van der Waals surface area contributed by atoms with Crippen LogP contribution in [0.15, 0.2) is 48.5 Å². The van der Waals surface area contributed by atoms with E-state index in [-0.39, 0.29) is 11.8 Å². The highest BCUT2D eigenvalue weighted by molar-refractivity contribution is 7.98. The van der Waals surface area contributed by atoms with E-state index in [1.165, 1.54) is 5.56 Å². The molecule has 1 amide bonds. The molecule has 6 heteroatoms. The summed E-state index contributed by atoms with van der Waals surface area (Å²) in [6.07, 6.45) is 2.01. The number of likely N-dealkylation sites (tertiary alicyclic amines) is 1. The summed E-state index contributed by atoms with van der Waals surface area (Å²) in [6.45, 7) is 3.33. The Balaban J connectivity index is 1.36. The van der Waals surface area contributed by atoms with Gasteiger partial charge in [0.15, 0.2) is 0 Å². The summed E-state index contributed by atoms with van der Waals surface area (Å²) >= 11 is 14.0. The lowest BCUT2D eigenvalue weighted by Gasteiger charge is -2.32. The van der Waals surface area contributed by atoms with Crippen molar-refractivity contribution in [2.75, 3.05) is 25.4 Å². The van der Waals surface area contributed by atoms with Crippen LogP contribution in [-0.2, 0) is 17.1 Å². The molecule has 0 aliphatic carbocycles. The van der Waals surface area contributed by atoms with Crippen molar-refractivity contribution in [3.8, 4) is 0 Å². The molecule has 1 fully saturated rings. The smallest absolute Gasteiger partial charge is 0.224 e. The van der Waals surface area contributed by atoms with E-state index in [4.69, 9.17) is 23.2 Å². The maximum Gasteiger partial charge on any atom is 0.224 e. The Morgan fingerprint density at radius 1 is 1.14 bits per heavy atom.